The average Bonchev–Trinajstić information content (AvgIpc) is 2.91. The summed E-state index contributed by atoms with van der Waals surface area (Å²) in [5, 5.41) is 2.26. The Labute approximate surface area is 234 Å². The number of benzene rings is 3. The van der Waals surface area contributed by atoms with Crippen molar-refractivity contribution in [1.82, 2.24) is 5.32 Å². The van der Waals surface area contributed by atoms with Crippen LogP contribution in [0.1, 0.15) is 48.9 Å². The summed E-state index contributed by atoms with van der Waals surface area (Å²) in [7, 11) is 0. The van der Waals surface area contributed by atoms with Gasteiger partial charge in [-0.1, -0.05) is 48.7 Å². The number of urea groups is 1. The Morgan fingerprint density at radius 3 is 2.23 bits per heavy atom. The van der Waals surface area contributed by atoms with Crippen molar-refractivity contribution in [2.45, 2.75) is 47.1 Å². The Hall–Kier alpha value is -4.59. The molecule has 1 fully saturated rings. The second kappa shape index (κ2) is 13.0. The van der Waals surface area contributed by atoms with Crippen LogP contribution in [0.5, 0.6) is 17.2 Å². The van der Waals surface area contributed by atoms with E-state index in [0.29, 0.717) is 48.3 Å². The van der Waals surface area contributed by atoms with E-state index in [-0.39, 0.29) is 5.57 Å². The summed E-state index contributed by atoms with van der Waals surface area (Å²) in [5.41, 5.74) is 4.06. The first-order valence-corrected chi connectivity index (χ1v) is 13.4. The summed E-state index contributed by atoms with van der Waals surface area (Å²) in [6, 6.07) is 17.2. The van der Waals surface area contributed by atoms with Crippen LogP contribution in [0.2, 0.25) is 0 Å². The molecule has 3 aromatic rings. The highest BCUT2D eigenvalue weighted by Gasteiger charge is 2.36. The van der Waals surface area contributed by atoms with Crippen molar-refractivity contribution in [3.05, 3.63) is 88.5 Å². The van der Waals surface area contributed by atoms with E-state index in [0.717, 1.165) is 34.4 Å². The Bertz CT molecular complexity index is 1410. The highest BCUT2D eigenvalue weighted by molar-refractivity contribution is 6.39. The number of nitrogens with one attached hydrogen (secondary N) is 1. The molecule has 1 aliphatic rings. The first-order chi connectivity index (χ1) is 19.3. The van der Waals surface area contributed by atoms with E-state index >= 15 is 0 Å². The fraction of sp³-hybridized carbons (Fsp3) is 0.281. The summed E-state index contributed by atoms with van der Waals surface area (Å²) in [6.07, 6.45) is 3.38. The molecule has 4 amide bonds. The third-order valence-electron chi connectivity index (χ3n) is 6.22. The number of unbranched alkanes of at least 4 members (excludes halogenated alkanes) is 1. The monoisotopic (exact) mass is 542 g/mol. The van der Waals surface area contributed by atoms with Crippen molar-refractivity contribution in [3.8, 4) is 17.2 Å². The van der Waals surface area contributed by atoms with Gasteiger partial charge in [0.1, 0.15) is 17.9 Å². The molecule has 0 saturated carbocycles. The van der Waals surface area contributed by atoms with Crippen LogP contribution in [0.4, 0.5) is 10.5 Å². The van der Waals surface area contributed by atoms with Crippen LogP contribution in [0, 0.1) is 13.8 Å². The van der Waals surface area contributed by atoms with Crippen molar-refractivity contribution in [3.63, 3.8) is 0 Å². The number of amides is 4. The van der Waals surface area contributed by atoms with Gasteiger partial charge in [-0.05, 0) is 80.8 Å². The lowest BCUT2D eigenvalue weighted by molar-refractivity contribution is -0.122. The van der Waals surface area contributed by atoms with E-state index in [9.17, 15) is 14.4 Å². The summed E-state index contributed by atoms with van der Waals surface area (Å²) >= 11 is 0. The minimum absolute atomic E-state index is 0.172. The summed E-state index contributed by atoms with van der Waals surface area (Å²) in [5.74, 6) is 0.176. The lowest BCUT2D eigenvalue weighted by Gasteiger charge is -2.26. The van der Waals surface area contributed by atoms with Crippen LogP contribution >= 0.6 is 0 Å². The molecule has 3 aromatic carbocycles. The third kappa shape index (κ3) is 6.88. The van der Waals surface area contributed by atoms with E-state index in [2.05, 4.69) is 30.4 Å². The molecule has 0 aromatic heterocycles. The predicted molar refractivity (Wildman–Crippen MR) is 154 cm³/mol. The lowest BCUT2D eigenvalue weighted by Crippen LogP contribution is -2.54. The second-order valence-electron chi connectivity index (χ2n) is 9.58. The maximum atomic E-state index is 13.3. The molecule has 208 valence electrons. The summed E-state index contributed by atoms with van der Waals surface area (Å²) in [6.45, 7) is 9.37. The second-order valence-corrected chi connectivity index (χ2v) is 9.58. The maximum absolute atomic E-state index is 13.3. The van der Waals surface area contributed by atoms with Crippen molar-refractivity contribution in [2.24, 2.45) is 0 Å². The van der Waals surface area contributed by atoms with Gasteiger partial charge >= 0.3 is 6.03 Å². The number of aryl methyl sites for hydroxylation is 2. The molecule has 0 unspecified atom stereocenters. The number of imide groups is 2. The normalized spacial score (nSPS) is 14.3. The van der Waals surface area contributed by atoms with Gasteiger partial charge in [-0.15, -0.1) is 0 Å². The fourth-order valence-electron chi connectivity index (χ4n) is 4.40. The standard InChI is InChI=1S/C32H34N2O6/c1-5-7-14-39-26-11-9-25(10-12-26)34-31(36)27(30(35)33-32(34)37)18-23-8-13-28(29(19-23)38-6-2)40-20-24-16-21(3)15-22(4)17-24/h8-13,15-19H,5-7,14,20H2,1-4H3,(H,33,35,37)/b27-18-. The number of hydrogen-bond acceptors (Lipinski definition) is 6. The molecule has 1 heterocycles. The minimum atomic E-state index is -0.808. The number of rotatable bonds is 11. The molecular formula is C32H34N2O6. The van der Waals surface area contributed by atoms with Crippen LogP contribution in [-0.4, -0.2) is 31.1 Å². The Morgan fingerprint density at radius 1 is 0.825 bits per heavy atom. The molecule has 0 aliphatic carbocycles. The van der Waals surface area contributed by atoms with Gasteiger partial charge in [-0.25, -0.2) is 9.69 Å². The van der Waals surface area contributed by atoms with Crippen LogP contribution < -0.4 is 24.4 Å². The van der Waals surface area contributed by atoms with Gasteiger partial charge in [0, 0.05) is 0 Å². The number of barbiturate groups is 1. The number of hydrogen-bond donors (Lipinski definition) is 1. The average molecular weight is 543 g/mol. The Morgan fingerprint density at radius 2 is 1.55 bits per heavy atom. The first kappa shape index (κ1) is 28.4. The molecule has 1 saturated heterocycles. The largest absolute Gasteiger partial charge is 0.494 e. The van der Waals surface area contributed by atoms with E-state index in [1.54, 1.807) is 42.5 Å². The van der Waals surface area contributed by atoms with E-state index < -0.39 is 17.8 Å². The molecule has 0 spiro atoms. The predicted octanol–water partition coefficient (Wildman–Crippen LogP) is 6.13. The summed E-state index contributed by atoms with van der Waals surface area (Å²) in [4.78, 5) is 39.5. The van der Waals surface area contributed by atoms with Crippen LogP contribution in [-0.2, 0) is 16.2 Å². The zero-order valence-corrected chi connectivity index (χ0v) is 23.3. The number of carbonyl (C=O) groups excluding carboxylic acids is 3. The number of anilines is 1. The van der Waals surface area contributed by atoms with Gasteiger partial charge in [0.05, 0.1) is 18.9 Å². The first-order valence-electron chi connectivity index (χ1n) is 13.4. The van der Waals surface area contributed by atoms with E-state index in [4.69, 9.17) is 14.2 Å². The van der Waals surface area contributed by atoms with Crippen molar-refractivity contribution >= 4 is 29.6 Å². The molecule has 1 aliphatic heterocycles. The molecule has 4 rings (SSSR count). The fourth-order valence-corrected chi connectivity index (χ4v) is 4.40. The van der Waals surface area contributed by atoms with Crippen LogP contribution in [0.15, 0.2) is 66.2 Å². The smallest absolute Gasteiger partial charge is 0.335 e. The van der Waals surface area contributed by atoms with Gasteiger partial charge in [0.25, 0.3) is 11.8 Å². The highest BCUT2D eigenvalue weighted by atomic mass is 16.5. The summed E-state index contributed by atoms with van der Waals surface area (Å²) < 4.78 is 17.5. The van der Waals surface area contributed by atoms with Crippen molar-refractivity contribution in [2.75, 3.05) is 18.1 Å². The van der Waals surface area contributed by atoms with Crippen LogP contribution in [0.3, 0.4) is 0 Å². The third-order valence-corrected chi connectivity index (χ3v) is 6.22. The molecule has 40 heavy (non-hydrogen) atoms. The van der Waals surface area contributed by atoms with Gasteiger partial charge in [-0.3, -0.25) is 14.9 Å². The molecule has 8 heteroatoms. The zero-order chi connectivity index (χ0) is 28.6. The van der Waals surface area contributed by atoms with Gasteiger partial charge in [0.2, 0.25) is 0 Å². The molecule has 0 bridgehead atoms. The molecule has 0 atom stereocenters. The highest BCUT2D eigenvalue weighted by Crippen LogP contribution is 2.31. The molecule has 8 nitrogen and oxygen atoms in total. The van der Waals surface area contributed by atoms with Gasteiger partial charge in [0.15, 0.2) is 11.5 Å². The quantitative estimate of drug-likeness (QED) is 0.178. The molecule has 0 radical (unpaired) electrons. The Kier molecular flexibility index (Phi) is 9.22. The SMILES string of the molecule is CCCCOc1ccc(N2C(=O)NC(=O)/C(=C/c3ccc(OCc4cc(C)cc(C)c4)c(OCC)c3)C2=O)cc1. The van der Waals surface area contributed by atoms with Crippen molar-refractivity contribution in [1.29, 1.82) is 0 Å². The molecular weight excluding hydrogens is 508 g/mol. The minimum Gasteiger partial charge on any atom is -0.494 e. The van der Waals surface area contributed by atoms with Crippen LogP contribution in [0.25, 0.3) is 6.08 Å². The number of ether oxygens (including phenoxy) is 3. The lowest BCUT2D eigenvalue weighted by atomic mass is 10.1. The topological polar surface area (TPSA) is 94.2 Å². The number of carbonyl (C=O) groups is 3. The molecule has 1 N–H and O–H groups in total. The van der Waals surface area contributed by atoms with Gasteiger partial charge < -0.3 is 14.2 Å². The zero-order valence-electron chi connectivity index (χ0n) is 23.3. The van der Waals surface area contributed by atoms with Gasteiger partial charge in [-0.2, -0.15) is 0 Å². The maximum Gasteiger partial charge on any atom is 0.335 e. The Balaban J connectivity index is 1.55. The van der Waals surface area contributed by atoms with E-state index in [1.807, 2.05) is 20.8 Å². The van der Waals surface area contributed by atoms with Crippen molar-refractivity contribution < 1.29 is 28.6 Å². The van der Waals surface area contributed by atoms with E-state index in [1.165, 1.54) is 6.08 Å². The number of nitrogens with zero attached hydrogens (tertiary/aromatic N) is 1.